The maximum atomic E-state index is 5.77. The molecule has 1 aliphatic heterocycles. The van der Waals surface area contributed by atoms with Gasteiger partial charge in [-0.2, -0.15) is 15.0 Å². The molecular formula is C12H22N6O2. The average molecular weight is 282 g/mol. The highest BCUT2D eigenvalue weighted by Crippen LogP contribution is 2.14. The van der Waals surface area contributed by atoms with Crippen LogP contribution >= 0.6 is 0 Å². The van der Waals surface area contributed by atoms with Crippen LogP contribution < -0.4 is 16.0 Å². The molecule has 1 atom stereocenters. The minimum atomic E-state index is 0.152. The van der Waals surface area contributed by atoms with Crippen molar-refractivity contribution < 1.29 is 9.47 Å². The van der Waals surface area contributed by atoms with Gasteiger partial charge in [-0.25, -0.2) is 0 Å². The van der Waals surface area contributed by atoms with Crippen molar-refractivity contribution in [2.24, 2.45) is 0 Å². The fraction of sp³-hybridized carbons (Fsp3) is 0.750. The van der Waals surface area contributed by atoms with Gasteiger partial charge in [-0.15, -0.1) is 0 Å². The fourth-order valence-electron chi connectivity index (χ4n) is 2.00. The van der Waals surface area contributed by atoms with Crippen molar-refractivity contribution >= 4 is 17.8 Å². The molecule has 0 radical (unpaired) electrons. The van der Waals surface area contributed by atoms with E-state index in [0.717, 1.165) is 19.5 Å². The van der Waals surface area contributed by atoms with Crippen molar-refractivity contribution in [3.63, 3.8) is 0 Å². The first kappa shape index (κ1) is 14.7. The van der Waals surface area contributed by atoms with Crippen LogP contribution in [0.4, 0.5) is 17.8 Å². The van der Waals surface area contributed by atoms with Crippen LogP contribution in [0.1, 0.15) is 13.3 Å². The van der Waals surface area contributed by atoms with Gasteiger partial charge in [0.25, 0.3) is 0 Å². The molecule has 0 saturated carbocycles. The number of morpholine rings is 1. The SMILES string of the molecule is CCC(COC)Nc1nc(N)nc(N2CCOCC2)n1. The summed E-state index contributed by atoms with van der Waals surface area (Å²) in [6.45, 7) is 5.54. The highest BCUT2D eigenvalue weighted by Gasteiger charge is 2.16. The summed E-state index contributed by atoms with van der Waals surface area (Å²) in [5.41, 5.74) is 5.77. The summed E-state index contributed by atoms with van der Waals surface area (Å²) in [6, 6.07) is 0.152. The van der Waals surface area contributed by atoms with E-state index in [4.69, 9.17) is 15.2 Å². The van der Waals surface area contributed by atoms with Gasteiger partial charge in [0.2, 0.25) is 17.8 Å². The van der Waals surface area contributed by atoms with Gasteiger partial charge in [0.15, 0.2) is 0 Å². The van der Waals surface area contributed by atoms with Crippen LogP contribution in [-0.4, -0.2) is 61.0 Å². The van der Waals surface area contributed by atoms with Gasteiger partial charge in [-0.05, 0) is 6.42 Å². The molecular weight excluding hydrogens is 260 g/mol. The normalized spacial score (nSPS) is 17.0. The third-order valence-corrected chi connectivity index (χ3v) is 3.13. The molecule has 1 saturated heterocycles. The Morgan fingerprint density at radius 2 is 2.10 bits per heavy atom. The Morgan fingerprint density at radius 1 is 1.35 bits per heavy atom. The molecule has 1 unspecified atom stereocenters. The van der Waals surface area contributed by atoms with Crippen molar-refractivity contribution in [1.82, 2.24) is 15.0 Å². The van der Waals surface area contributed by atoms with E-state index in [1.165, 1.54) is 0 Å². The summed E-state index contributed by atoms with van der Waals surface area (Å²) in [6.07, 6.45) is 0.909. The second kappa shape index (κ2) is 7.20. The first-order valence-corrected chi connectivity index (χ1v) is 6.82. The Morgan fingerprint density at radius 3 is 2.75 bits per heavy atom. The first-order valence-electron chi connectivity index (χ1n) is 6.82. The number of hydrogen-bond acceptors (Lipinski definition) is 8. The monoisotopic (exact) mass is 282 g/mol. The zero-order valence-corrected chi connectivity index (χ0v) is 12.0. The highest BCUT2D eigenvalue weighted by atomic mass is 16.5. The van der Waals surface area contributed by atoms with E-state index < -0.39 is 0 Å². The minimum absolute atomic E-state index is 0.152. The molecule has 1 aromatic heterocycles. The van der Waals surface area contributed by atoms with E-state index >= 15 is 0 Å². The maximum absolute atomic E-state index is 5.77. The molecule has 8 heteroatoms. The maximum Gasteiger partial charge on any atom is 0.232 e. The Kier molecular flexibility index (Phi) is 5.31. The molecule has 0 aromatic carbocycles. The molecule has 8 nitrogen and oxygen atoms in total. The van der Waals surface area contributed by atoms with Gasteiger partial charge < -0.3 is 25.4 Å². The Bertz CT molecular complexity index is 424. The quantitative estimate of drug-likeness (QED) is 0.759. The molecule has 20 heavy (non-hydrogen) atoms. The predicted octanol–water partition coefficient (Wildman–Crippen LogP) is 0.127. The summed E-state index contributed by atoms with van der Waals surface area (Å²) in [5.74, 6) is 1.30. The standard InChI is InChI=1S/C12H22N6O2/c1-3-9(8-19-2)14-11-15-10(13)16-12(17-11)18-4-6-20-7-5-18/h9H,3-8H2,1-2H3,(H3,13,14,15,16,17). The molecule has 0 amide bonds. The smallest absolute Gasteiger partial charge is 0.232 e. The number of nitrogens with two attached hydrogens (primary N) is 1. The van der Waals surface area contributed by atoms with Crippen LogP contribution in [-0.2, 0) is 9.47 Å². The van der Waals surface area contributed by atoms with Crippen LogP contribution in [0.3, 0.4) is 0 Å². The zero-order chi connectivity index (χ0) is 14.4. The number of ether oxygens (including phenoxy) is 2. The molecule has 1 aromatic rings. The predicted molar refractivity (Wildman–Crippen MR) is 76.8 cm³/mol. The lowest BCUT2D eigenvalue weighted by Crippen LogP contribution is -2.37. The highest BCUT2D eigenvalue weighted by molar-refractivity contribution is 5.42. The molecule has 2 heterocycles. The van der Waals surface area contributed by atoms with Crippen LogP contribution in [0, 0.1) is 0 Å². The third-order valence-electron chi connectivity index (χ3n) is 3.13. The van der Waals surface area contributed by atoms with E-state index in [9.17, 15) is 0 Å². The minimum Gasteiger partial charge on any atom is -0.383 e. The van der Waals surface area contributed by atoms with Crippen molar-refractivity contribution in [1.29, 1.82) is 0 Å². The van der Waals surface area contributed by atoms with Crippen molar-refractivity contribution in [2.75, 3.05) is 56.0 Å². The topological polar surface area (TPSA) is 98.4 Å². The van der Waals surface area contributed by atoms with Gasteiger partial charge in [0.05, 0.1) is 25.9 Å². The number of nitrogens with one attached hydrogen (secondary N) is 1. The Labute approximate surface area is 118 Å². The van der Waals surface area contributed by atoms with E-state index in [1.807, 2.05) is 4.90 Å². The number of rotatable bonds is 6. The van der Waals surface area contributed by atoms with E-state index in [1.54, 1.807) is 7.11 Å². The molecule has 0 bridgehead atoms. The van der Waals surface area contributed by atoms with E-state index in [2.05, 4.69) is 27.2 Å². The second-order valence-corrected chi connectivity index (χ2v) is 4.62. The summed E-state index contributed by atoms with van der Waals surface area (Å²) < 4.78 is 10.5. The number of methoxy groups -OCH3 is 1. The molecule has 0 spiro atoms. The van der Waals surface area contributed by atoms with Crippen molar-refractivity contribution in [3.05, 3.63) is 0 Å². The van der Waals surface area contributed by atoms with Gasteiger partial charge in [0.1, 0.15) is 0 Å². The van der Waals surface area contributed by atoms with Crippen LogP contribution in [0.2, 0.25) is 0 Å². The van der Waals surface area contributed by atoms with Crippen LogP contribution in [0.5, 0.6) is 0 Å². The summed E-state index contributed by atoms with van der Waals surface area (Å²) in [7, 11) is 1.67. The summed E-state index contributed by atoms with van der Waals surface area (Å²) >= 11 is 0. The van der Waals surface area contributed by atoms with Gasteiger partial charge in [0, 0.05) is 20.2 Å². The van der Waals surface area contributed by atoms with Gasteiger partial charge >= 0.3 is 0 Å². The van der Waals surface area contributed by atoms with Crippen molar-refractivity contribution in [2.45, 2.75) is 19.4 Å². The Hall–Kier alpha value is -1.67. The lowest BCUT2D eigenvalue weighted by Gasteiger charge is -2.27. The molecule has 1 aliphatic rings. The number of nitrogens with zero attached hydrogens (tertiary/aromatic N) is 4. The third kappa shape index (κ3) is 3.91. The number of hydrogen-bond donors (Lipinski definition) is 2. The molecule has 2 rings (SSSR count). The second-order valence-electron chi connectivity index (χ2n) is 4.62. The number of nitrogen functional groups attached to an aromatic ring is 1. The van der Waals surface area contributed by atoms with Gasteiger partial charge in [-0.3, -0.25) is 0 Å². The lowest BCUT2D eigenvalue weighted by atomic mass is 10.2. The first-order chi connectivity index (χ1) is 9.72. The summed E-state index contributed by atoms with van der Waals surface area (Å²) in [4.78, 5) is 14.8. The van der Waals surface area contributed by atoms with Crippen LogP contribution in [0.25, 0.3) is 0 Å². The van der Waals surface area contributed by atoms with E-state index in [0.29, 0.717) is 31.7 Å². The summed E-state index contributed by atoms with van der Waals surface area (Å²) in [5, 5.41) is 3.22. The lowest BCUT2D eigenvalue weighted by molar-refractivity contribution is 0.122. The van der Waals surface area contributed by atoms with Gasteiger partial charge in [-0.1, -0.05) is 6.92 Å². The largest absolute Gasteiger partial charge is 0.383 e. The van der Waals surface area contributed by atoms with Crippen LogP contribution in [0.15, 0.2) is 0 Å². The Balaban J connectivity index is 2.10. The molecule has 3 N–H and O–H groups in total. The fourth-order valence-corrected chi connectivity index (χ4v) is 2.00. The molecule has 0 aliphatic carbocycles. The molecule has 1 fully saturated rings. The number of aromatic nitrogens is 3. The average Bonchev–Trinajstić information content (AvgIpc) is 2.47. The molecule has 112 valence electrons. The van der Waals surface area contributed by atoms with E-state index in [-0.39, 0.29) is 12.0 Å². The number of anilines is 3. The van der Waals surface area contributed by atoms with Crippen molar-refractivity contribution in [3.8, 4) is 0 Å². The zero-order valence-electron chi connectivity index (χ0n) is 12.0.